The molecule has 0 radical (unpaired) electrons. The van der Waals surface area contributed by atoms with Crippen LogP contribution < -0.4 is 5.32 Å². The van der Waals surface area contributed by atoms with Crippen LogP contribution in [0.25, 0.3) is 0 Å². The highest BCUT2D eigenvalue weighted by Gasteiger charge is 2.15. The number of carbonyl (C=O) groups excluding carboxylic acids is 1. The van der Waals surface area contributed by atoms with Crippen LogP contribution in [0, 0.1) is 12.8 Å². The molecule has 0 aromatic heterocycles. The van der Waals surface area contributed by atoms with Crippen LogP contribution in [0.1, 0.15) is 50.2 Å². The third-order valence-corrected chi connectivity index (χ3v) is 4.78. The molecule has 0 saturated heterocycles. The number of amides is 1. The summed E-state index contributed by atoms with van der Waals surface area (Å²) in [5.41, 5.74) is 2.60. The lowest BCUT2D eigenvalue weighted by molar-refractivity contribution is -0.122. The first kappa shape index (κ1) is 17.0. The molecule has 0 unspecified atom stereocenters. The van der Waals surface area contributed by atoms with Gasteiger partial charge in [-0.15, -0.1) is 0 Å². The second-order valence-corrected chi connectivity index (χ2v) is 6.54. The largest absolute Gasteiger partial charge is 0.355 e. The predicted molar refractivity (Wildman–Crippen MR) is 91.7 cm³/mol. The second-order valence-electron chi connectivity index (χ2n) is 6.54. The number of carbonyl (C=O) groups is 1. The first-order valence-corrected chi connectivity index (χ1v) is 8.72. The molecule has 1 aliphatic carbocycles. The van der Waals surface area contributed by atoms with E-state index in [4.69, 9.17) is 0 Å². The quantitative estimate of drug-likeness (QED) is 0.836. The van der Waals surface area contributed by atoms with Crippen LogP contribution in [0.15, 0.2) is 24.3 Å². The van der Waals surface area contributed by atoms with Crippen molar-refractivity contribution in [2.45, 2.75) is 52.5 Å². The van der Waals surface area contributed by atoms with Gasteiger partial charge in [0.1, 0.15) is 0 Å². The van der Waals surface area contributed by atoms with Gasteiger partial charge in [-0.25, -0.2) is 0 Å². The van der Waals surface area contributed by atoms with Crippen molar-refractivity contribution in [2.24, 2.45) is 5.92 Å². The first-order chi connectivity index (χ1) is 10.7. The molecular weight excluding hydrogens is 272 g/mol. The van der Waals surface area contributed by atoms with Crippen molar-refractivity contribution in [3.63, 3.8) is 0 Å². The minimum absolute atomic E-state index is 0.168. The van der Waals surface area contributed by atoms with E-state index in [-0.39, 0.29) is 5.91 Å². The molecule has 122 valence electrons. The number of hydrogen-bond donors (Lipinski definition) is 1. The van der Waals surface area contributed by atoms with Crippen molar-refractivity contribution >= 4 is 5.91 Å². The van der Waals surface area contributed by atoms with Gasteiger partial charge in [-0.3, -0.25) is 9.69 Å². The van der Waals surface area contributed by atoms with Gasteiger partial charge >= 0.3 is 0 Å². The average molecular weight is 302 g/mol. The lowest BCUT2D eigenvalue weighted by Crippen LogP contribution is -2.39. The number of benzene rings is 1. The minimum atomic E-state index is 0.168. The maximum atomic E-state index is 12.2. The Bertz CT molecular complexity index is 466. The maximum absolute atomic E-state index is 12.2. The molecule has 0 atom stereocenters. The lowest BCUT2D eigenvalue weighted by atomic mass is 9.89. The summed E-state index contributed by atoms with van der Waals surface area (Å²) in [6, 6.07) is 8.41. The Labute approximate surface area is 135 Å². The van der Waals surface area contributed by atoms with Gasteiger partial charge in [-0.05, 0) is 43.4 Å². The summed E-state index contributed by atoms with van der Waals surface area (Å²) in [5.74, 6) is 0.866. The van der Waals surface area contributed by atoms with Crippen LogP contribution in [0.5, 0.6) is 0 Å². The molecule has 0 spiro atoms. The summed E-state index contributed by atoms with van der Waals surface area (Å²) in [7, 11) is 0. The Morgan fingerprint density at radius 3 is 2.64 bits per heavy atom. The Hall–Kier alpha value is -1.35. The molecule has 2 rings (SSSR count). The molecule has 1 fully saturated rings. The monoisotopic (exact) mass is 302 g/mol. The van der Waals surface area contributed by atoms with Gasteiger partial charge in [-0.1, -0.05) is 50.5 Å². The third kappa shape index (κ3) is 5.45. The van der Waals surface area contributed by atoms with Crippen molar-refractivity contribution in [1.82, 2.24) is 10.2 Å². The second kappa shape index (κ2) is 8.94. The number of rotatable bonds is 7. The van der Waals surface area contributed by atoms with Gasteiger partial charge in [0.25, 0.3) is 0 Å². The van der Waals surface area contributed by atoms with Gasteiger partial charge in [-0.2, -0.15) is 0 Å². The maximum Gasteiger partial charge on any atom is 0.234 e. The van der Waals surface area contributed by atoms with Crippen molar-refractivity contribution in [2.75, 3.05) is 19.6 Å². The predicted octanol–water partition coefficient (Wildman–Crippen LogP) is 3.51. The van der Waals surface area contributed by atoms with Crippen LogP contribution in [0.3, 0.4) is 0 Å². The van der Waals surface area contributed by atoms with Crippen molar-refractivity contribution in [3.8, 4) is 0 Å². The molecule has 1 aromatic rings. The summed E-state index contributed by atoms with van der Waals surface area (Å²) in [4.78, 5) is 14.4. The highest BCUT2D eigenvalue weighted by molar-refractivity contribution is 5.78. The molecule has 1 amide bonds. The van der Waals surface area contributed by atoms with Crippen molar-refractivity contribution in [3.05, 3.63) is 35.4 Å². The summed E-state index contributed by atoms with van der Waals surface area (Å²) in [5, 5.41) is 3.14. The zero-order chi connectivity index (χ0) is 15.8. The fraction of sp³-hybridized carbons (Fsp3) is 0.632. The van der Waals surface area contributed by atoms with E-state index >= 15 is 0 Å². The van der Waals surface area contributed by atoms with Crippen LogP contribution in [0.2, 0.25) is 0 Å². The van der Waals surface area contributed by atoms with Gasteiger partial charge in [0, 0.05) is 13.1 Å². The Morgan fingerprint density at radius 2 is 1.95 bits per heavy atom. The molecule has 22 heavy (non-hydrogen) atoms. The van der Waals surface area contributed by atoms with Crippen LogP contribution in [-0.2, 0) is 11.3 Å². The topological polar surface area (TPSA) is 32.3 Å². The van der Waals surface area contributed by atoms with E-state index in [1.807, 2.05) is 0 Å². The zero-order valence-corrected chi connectivity index (χ0v) is 14.1. The normalized spacial score (nSPS) is 16.0. The standard InChI is InChI=1S/C19H30N2O/c1-3-21(14-18-12-8-7-9-16(18)2)15-19(22)20-13-17-10-5-4-6-11-17/h7-9,12,17H,3-6,10-11,13-15H2,1-2H3,(H,20,22). The van der Waals surface area contributed by atoms with E-state index < -0.39 is 0 Å². The fourth-order valence-electron chi connectivity index (χ4n) is 3.22. The van der Waals surface area contributed by atoms with E-state index in [1.54, 1.807) is 0 Å². The summed E-state index contributed by atoms with van der Waals surface area (Å²) >= 11 is 0. The Morgan fingerprint density at radius 1 is 1.23 bits per heavy atom. The number of nitrogens with zero attached hydrogens (tertiary/aromatic N) is 1. The molecule has 0 heterocycles. The number of nitrogens with one attached hydrogen (secondary N) is 1. The SMILES string of the molecule is CCN(CC(=O)NCC1CCCCC1)Cc1ccccc1C. The summed E-state index contributed by atoms with van der Waals surface area (Å²) < 4.78 is 0. The smallest absolute Gasteiger partial charge is 0.234 e. The molecule has 0 aliphatic heterocycles. The highest BCUT2D eigenvalue weighted by atomic mass is 16.2. The molecule has 1 N–H and O–H groups in total. The molecular formula is C19H30N2O. The Kier molecular flexibility index (Phi) is 6.91. The molecule has 1 saturated carbocycles. The lowest BCUT2D eigenvalue weighted by Gasteiger charge is -2.24. The van der Waals surface area contributed by atoms with Gasteiger partial charge in [0.15, 0.2) is 0 Å². The molecule has 3 nitrogen and oxygen atoms in total. The highest BCUT2D eigenvalue weighted by Crippen LogP contribution is 2.22. The number of aryl methyl sites for hydroxylation is 1. The van der Waals surface area contributed by atoms with Crippen LogP contribution in [0.4, 0.5) is 0 Å². The van der Waals surface area contributed by atoms with E-state index in [0.717, 1.165) is 19.6 Å². The van der Waals surface area contributed by atoms with E-state index in [1.165, 1.54) is 43.2 Å². The van der Waals surface area contributed by atoms with Gasteiger partial charge in [0.05, 0.1) is 6.54 Å². The number of hydrogen-bond acceptors (Lipinski definition) is 2. The first-order valence-electron chi connectivity index (χ1n) is 8.72. The molecule has 1 aromatic carbocycles. The fourth-order valence-corrected chi connectivity index (χ4v) is 3.22. The van der Waals surface area contributed by atoms with Crippen LogP contribution in [-0.4, -0.2) is 30.4 Å². The summed E-state index contributed by atoms with van der Waals surface area (Å²) in [6.45, 7) is 7.35. The Balaban J connectivity index is 1.76. The minimum Gasteiger partial charge on any atom is -0.355 e. The third-order valence-electron chi connectivity index (χ3n) is 4.78. The average Bonchev–Trinajstić information content (AvgIpc) is 2.55. The molecule has 0 bridgehead atoms. The number of likely N-dealkylation sites (N-methyl/N-ethyl adjacent to an activating group) is 1. The van der Waals surface area contributed by atoms with Crippen molar-refractivity contribution in [1.29, 1.82) is 0 Å². The molecule has 3 heteroatoms. The van der Waals surface area contributed by atoms with E-state index in [9.17, 15) is 4.79 Å². The van der Waals surface area contributed by atoms with E-state index in [2.05, 4.69) is 48.3 Å². The van der Waals surface area contributed by atoms with Gasteiger partial charge < -0.3 is 5.32 Å². The van der Waals surface area contributed by atoms with Gasteiger partial charge in [0.2, 0.25) is 5.91 Å². The van der Waals surface area contributed by atoms with E-state index in [0.29, 0.717) is 12.5 Å². The summed E-state index contributed by atoms with van der Waals surface area (Å²) in [6.07, 6.45) is 6.58. The van der Waals surface area contributed by atoms with Crippen LogP contribution >= 0.6 is 0 Å². The van der Waals surface area contributed by atoms with Crippen molar-refractivity contribution < 1.29 is 4.79 Å². The zero-order valence-electron chi connectivity index (χ0n) is 14.1. The molecule has 1 aliphatic rings.